The monoisotopic (exact) mass is 376 g/mol. The van der Waals surface area contributed by atoms with Crippen molar-refractivity contribution in [3.63, 3.8) is 0 Å². The molecule has 1 aromatic rings. The van der Waals surface area contributed by atoms with Gasteiger partial charge in [-0.2, -0.15) is 0 Å². The molecule has 1 aliphatic heterocycles. The van der Waals surface area contributed by atoms with Crippen molar-refractivity contribution >= 4 is 15.9 Å². The van der Waals surface area contributed by atoms with Gasteiger partial charge < -0.3 is 9.64 Å². The highest BCUT2D eigenvalue weighted by Crippen LogP contribution is 2.29. The Morgan fingerprint density at radius 3 is 2.60 bits per heavy atom. The maximum absolute atomic E-state index is 14.2. The molecule has 1 saturated heterocycles. The Labute approximate surface area is 146 Å². The van der Waals surface area contributed by atoms with Gasteiger partial charge in [0.25, 0.3) is 5.91 Å². The first-order valence-corrected chi connectivity index (χ1v) is 9.85. The molecule has 0 spiro atoms. The summed E-state index contributed by atoms with van der Waals surface area (Å²) in [6.07, 6.45) is 2.57. The molecule has 0 unspecified atom stereocenters. The molecule has 0 bridgehead atoms. The Balaban J connectivity index is 2.30. The first kappa shape index (κ1) is 19.6. The topological polar surface area (TPSA) is 75.7 Å². The summed E-state index contributed by atoms with van der Waals surface area (Å²) in [4.78, 5) is 14.1. The van der Waals surface area contributed by atoms with E-state index in [2.05, 4.69) is 4.72 Å². The summed E-state index contributed by atoms with van der Waals surface area (Å²) in [5.41, 5.74) is -0.474. The molecule has 0 saturated carbocycles. The van der Waals surface area contributed by atoms with Crippen molar-refractivity contribution < 1.29 is 26.7 Å². The highest BCUT2D eigenvalue weighted by atomic mass is 32.2. The van der Waals surface area contributed by atoms with E-state index in [1.807, 2.05) is 6.92 Å². The van der Waals surface area contributed by atoms with Gasteiger partial charge in [-0.15, -0.1) is 0 Å². The third-order valence-electron chi connectivity index (χ3n) is 4.24. The molecule has 1 aliphatic rings. The van der Waals surface area contributed by atoms with Gasteiger partial charge in [0.05, 0.1) is 13.4 Å². The second-order valence-corrected chi connectivity index (χ2v) is 7.97. The number of nitrogens with one attached hydrogen (secondary N) is 1. The molecule has 25 heavy (non-hydrogen) atoms. The molecule has 0 radical (unpaired) electrons. The number of rotatable bonds is 6. The van der Waals surface area contributed by atoms with Crippen molar-refractivity contribution in [1.29, 1.82) is 0 Å². The van der Waals surface area contributed by atoms with Crippen LogP contribution < -0.4 is 9.46 Å². The van der Waals surface area contributed by atoms with Crippen molar-refractivity contribution in [2.75, 3.05) is 26.5 Å². The largest absolute Gasteiger partial charge is 0.496 e. The van der Waals surface area contributed by atoms with Crippen LogP contribution in [0, 0.1) is 17.6 Å². The van der Waals surface area contributed by atoms with Crippen molar-refractivity contribution in [3.8, 4) is 5.75 Å². The summed E-state index contributed by atoms with van der Waals surface area (Å²) >= 11 is 0. The van der Waals surface area contributed by atoms with Gasteiger partial charge in [-0.05, 0) is 24.5 Å². The number of likely N-dealkylation sites (tertiary alicyclic amines) is 1. The van der Waals surface area contributed by atoms with Crippen LogP contribution in [0.25, 0.3) is 0 Å². The zero-order valence-corrected chi connectivity index (χ0v) is 15.2. The minimum atomic E-state index is -3.45. The number of sulfonamides is 1. The van der Waals surface area contributed by atoms with E-state index < -0.39 is 39.2 Å². The van der Waals surface area contributed by atoms with Gasteiger partial charge in [0.1, 0.15) is 11.3 Å². The van der Waals surface area contributed by atoms with E-state index in [0.717, 1.165) is 18.7 Å². The lowest BCUT2D eigenvalue weighted by molar-refractivity contribution is 0.0775. The minimum absolute atomic E-state index is 0.0598. The Morgan fingerprint density at radius 2 is 2.04 bits per heavy atom. The van der Waals surface area contributed by atoms with Crippen LogP contribution in [0.3, 0.4) is 0 Å². The first-order valence-electron chi connectivity index (χ1n) is 7.96. The lowest BCUT2D eigenvalue weighted by atomic mass is 9.99. The van der Waals surface area contributed by atoms with Gasteiger partial charge in [-0.25, -0.2) is 21.9 Å². The van der Waals surface area contributed by atoms with E-state index in [1.54, 1.807) is 0 Å². The Bertz CT molecular complexity index is 755. The van der Waals surface area contributed by atoms with E-state index in [-0.39, 0.29) is 24.8 Å². The average molecular weight is 376 g/mol. The first-order chi connectivity index (χ1) is 11.7. The summed E-state index contributed by atoms with van der Waals surface area (Å²) in [5.74, 6) is -3.27. The van der Waals surface area contributed by atoms with Gasteiger partial charge in [0, 0.05) is 19.1 Å². The molecular formula is C16H22F2N2O4S. The van der Waals surface area contributed by atoms with Crippen LogP contribution in [0.15, 0.2) is 12.1 Å². The minimum Gasteiger partial charge on any atom is -0.496 e. The molecule has 6 nitrogen and oxygen atoms in total. The number of hydrogen-bond acceptors (Lipinski definition) is 4. The Kier molecular flexibility index (Phi) is 5.99. The van der Waals surface area contributed by atoms with Crippen LogP contribution in [-0.2, 0) is 10.0 Å². The standard InChI is InChI=1S/C16H22F2N2O4S/c1-4-5-10-8-20(9-12(10)19-25(3,22)23)16(21)14-13(24-2)7-6-11(17)15(14)18/h6-7,10,12,19H,4-5,8-9H2,1-3H3/t10-,12-/m1/s1. The van der Waals surface area contributed by atoms with E-state index in [4.69, 9.17) is 4.74 Å². The smallest absolute Gasteiger partial charge is 0.260 e. The van der Waals surface area contributed by atoms with Crippen LogP contribution in [0.1, 0.15) is 30.1 Å². The summed E-state index contributed by atoms with van der Waals surface area (Å²) < 4.78 is 58.3. The molecule has 2 atom stereocenters. The van der Waals surface area contributed by atoms with Crippen LogP contribution in [0.2, 0.25) is 0 Å². The number of hydrogen-bond donors (Lipinski definition) is 1. The van der Waals surface area contributed by atoms with E-state index >= 15 is 0 Å². The van der Waals surface area contributed by atoms with Crippen LogP contribution in [0.4, 0.5) is 8.78 Å². The molecule has 1 heterocycles. The fourth-order valence-electron chi connectivity index (χ4n) is 3.17. The highest BCUT2D eigenvalue weighted by molar-refractivity contribution is 7.88. The number of carbonyl (C=O) groups excluding carboxylic acids is 1. The fourth-order valence-corrected chi connectivity index (χ4v) is 3.99. The SMILES string of the molecule is CCC[C@@H]1CN(C(=O)c2c(OC)ccc(F)c2F)C[C@H]1NS(C)(=O)=O. The predicted octanol–water partition coefficient (Wildman–Crippen LogP) is 1.76. The predicted molar refractivity (Wildman–Crippen MR) is 89.0 cm³/mol. The van der Waals surface area contributed by atoms with E-state index in [9.17, 15) is 22.0 Å². The number of halogens is 2. The third-order valence-corrected chi connectivity index (χ3v) is 4.97. The quantitative estimate of drug-likeness (QED) is 0.821. The second-order valence-electron chi connectivity index (χ2n) is 6.19. The fraction of sp³-hybridized carbons (Fsp3) is 0.562. The Morgan fingerprint density at radius 1 is 1.36 bits per heavy atom. The van der Waals surface area contributed by atoms with Crippen molar-refractivity contribution in [1.82, 2.24) is 9.62 Å². The third kappa shape index (κ3) is 4.46. The number of methoxy groups -OCH3 is 1. The zero-order valence-electron chi connectivity index (χ0n) is 14.4. The van der Waals surface area contributed by atoms with Gasteiger partial charge in [0.2, 0.25) is 10.0 Å². The lowest BCUT2D eigenvalue weighted by Gasteiger charge is -2.18. The zero-order chi connectivity index (χ0) is 18.8. The van der Waals surface area contributed by atoms with Gasteiger partial charge >= 0.3 is 0 Å². The number of amides is 1. The van der Waals surface area contributed by atoms with Gasteiger partial charge in [0.15, 0.2) is 11.6 Å². The maximum Gasteiger partial charge on any atom is 0.260 e. The van der Waals surface area contributed by atoms with E-state index in [0.29, 0.717) is 6.42 Å². The summed E-state index contributed by atoms with van der Waals surface area (Å²) in [7, 11) is -2.18. The summed E-state index contributed by atoms with van der Waals surface area (Å²) in [6.45, 7) is 2.31. The molecule has 0 aliphatic carbocycles. The number of nitrogens with zero attached hydrogens (tertiary/aromatic N) is 1. The molecule has 1 aromatic carbocycles. The molecule has 2 rings (SSSR count). The number of benzene rings is 1. The molecule has 1 fully saturated rings. The van der Waals surface area contributed by atoms with Crippen molar-refractivity contribution in [2.24, 2.45) is 5.92 Å². The molecule has 140 valence electrons. The molecule has 1 N–H and O–H groups in total. The van der Waals surface area contributed by atoms with Gasteiger partial charge in [-0.3, -0.25) is 4.79 Å². The average Bonchev–Trinajstić information content (AvgIpc) is 2.90. The lowest BCUT2D eigenvalue weighted by Crippen LogP contribution is -2.40. The molecule has 1 amide bonds. The highest BCUT2D eigenvalue weighted by Gasteiger charge is 2.38. The van der Waals surface area contributed by atoms with Gasteiger partial charge in [-0.1, -0.05) is 13.3 Å². The van der Waals surface area contributed by atoms with Crippen molar-refractivity contribution in [3.05, 3.63) is 29.3 Å². The summed E-state index contributed by atoms with van der Waals surface area (Å²) in [6, 6.07) is 1.63. The number of ether oxygens (including phenoxy) is 1. The second kappa shape index (κ2) is 7.65. The number of carbonyl (C=O) groups is 1. The van der Waals surface area contributed by atoms with E-state index in [1.165, 1.54) is 18.1 Å². The normalized spacial score (nSPS) is 20.8. The molecule has 9 heteroatoms. The summed E-state index contributed by atoms with van der Waals surface area (Å²) in [5, 5.41) is 0. The van der Waals surface area contributed by atoms with Crippen LogP contribution in [-0.4, -0.2) is 51.7 Å². The molecule has 0 aromatic heterocycles. The van der Waals surface area contributed by atoms with Crippen LogP contribution in [0.5, 0.6) is 5.75 Å². The van der Waals surface area contributed by atoms with Crippen molar-refractivity contribution in [2.45, 2.75) is 25.8 Å². The Hall–Kier alpha value is -1.74. The molecular weight excluding hydrogens is 354 g/mol. The van der Waals surface area contributed by atoms with Crippen LogP contribution >= 0.6 is 0 Å². The maximum atomic E-state index is 14.2.